The summed E-state index contributed by atoms with van der Waals surface area (Å²) in [4.78, 5) is 14.9. The molecule has 0 bridgehead atoms. The molecule has 0 unspecified atom stereocenters. The molecule has 0 amide bonds. The second-order valence-electron chi connectivity index (χ2n) is 4.52. The molecule has 0 aliphatic rings. The lowest BCUT2D eigenvalue weighted by Crippen LogP contribution is -2.08. The van der Waals surface area contributed by atoms with E-state index in [9.17, 15) is 4.79 Å². The highest BCUT2D eigenvalue weighted by Gasteiger charge is 2.11. The van der Waals surface area contributed by atoms with Crippen molar-refractivity contribution in [3.8, 4) is 5.75 Å². The lowest BCUT2D eigenvalue weighted by atomic mass is 10.1. The normalized spacial score (nSPS) is 10.8. The molecular formula is C16H13NO2. The summed E-state index contributed by atoms with van der Waals surface area (Å²) in [6.07, 6.45) is 0. The summed E-state index contributed by atoms with van der Waals surface area (Å²) in [7, 11) is 0. The molecule has 94 valence electrons. The first-order valence-corrected chi connectivity index (χ1v) is 6.04. The Balaban J connectivity index is 2.20. The monoisotopic (exact) mass is 251 g/mol. The number of fused-ring (bicyclic) bond motifs is 3. The van der Waals surface area contributed by atoms with E-state index in [2.05, 4.69) is 11.6 Å². The minimum absolute atomic E-state index is 0.383. The third-order valence-corrected chi connectivity index (χ3v) is 3.05. The Morgan fingerprint density at radius 1 is 1.11 bits per heavy atom. The van der Waals surface area contributed by atoms with Gasteiger partial charge in [0.1, 0.15) is 0 Å². The van der Waals surface area contributed by atoms with Crippen LogP contribution in [0.2, 0.25) is 0 Å². The van der Waals surface area contributed by atoms with E-state index in [1.807, 2.05) is 36.4 Å². The molecule has 1 N–H and O–H groups in total. The van der Waals surface area contributed by atoms with Crippen LogP contribution in [-0.4, -0.2) is 11.0 Å². The minimum atomic E-state index is -0.411. The van der Waals surface area contributed by atoms with Crippen LogP contribution in [0.1, 0.15) is 6.92 Å². The van der Waals surface area contributed by atoms with Crippen molar-refractivity contribution < 1.29 is 9.53 Å². The van der Waals surface area contributed by atoms with Crippen molar-refractivity contribution in [1.82, 2.24) is 4.98 Å². The van der Waals surface area contributed by atoms with Gasteiger partial charge in [0.25, 0.3) is 0 Å². The Bertz CT molecular complexity index is 799. The zero-order chi connectivity index (χ0) is 13.4. The van der Waals surface area contributed by atoms with Gasteiger partial charge in [-0.3, -0.25) is 0 Å². The van der Waals surface area contributed by atoms with Crippen molar-refractivity contribution in [3.05, 3.63) is 54.6 Å². The number of aromatic nitrogens is 1. The Morgan fingerprint density at radius 2 is 1.84 bits per heavy atom. The van der Waals surface area contributed by atoms with Crippen molar-refractivity contribution >= 4 is 27.8 Å². The number of para-hydroxylation sites is 2. The average molecular weight is 251 g/mol. The van der Waals surface area contributed by atoms with Gasteiger partial charge in [-0.2, -0.15) is 0 Å². The van der Waals surface area contributed by atoms with E-state index >= 15 is 0 Å². The van der Waals surface area contributed by atoms with Crippen LogP contribution >= 0.6 is 0 Å². The van der Waals surface area contributed by atoms with E-state index in [4.69, 9.17) is 4.74 Å². The number of carbonyl (C=O) groups excluding carboxylic acids is 1. The van der Waals surface area contributed by atoms with Crippen LogP contribution in [0.4, 0.5) is 0 Å². The van der Waals surface area contributed by atoms with E-state index in [1.54, 1.807) is 13.0 Å². The first kappa shape index (κ1) is 11.5. The fraction of sp³-hybridized carbons (Fsp3) is 0.0625. The van der Waals surface area contributed by atoms with Gasteiger partial charge in [0.05, 0.1) is 5.52 Å². The van der Waals surface area contributed by atoms with E-state index < -0.39 is 5.97 Å². The number of H-pyrrole nitrogens is 1. The molecular weight excluding hydrogens is 238 g/mol. The zero-order valence-electron chi connectivity index (χ0n) is 10.6. The van der Waals surface area contributed by atoms with Gasteiger partial charge in [-0.05, 0) is 19.1 Å². The highest BCUT2D eigenvalue weighted by molar-refractivity contribution is 6.09. The summed E-state index contributed by atoms with van der Waals surface area (Å²) < 4.78 is 5.35. The van der Waals surface area contributed by atoms with Crippen LogP contribution in [0, 0.1) is 0 Å². The Morgan fingerprint density at radius 3 is 2.63 bits per heavy atom. The van der Waals surface area contributed by atoms with Gasteiger partial charge in [0.15, 0.2) is 5.75 Å². The van der Waals surface area contributed by atoms with E-state index in [0.29, 0.717) is 11.3 Å². The largest absolute Gasteiger partial charge is 0.421 e. The van der Waals surface area contributed by atoms with Crippen LogP contribution in [0.25, 0.3) is 21.8 Å². The molecule has 19 heavy (non-hydrogen) atoms. The van der Waals surface area contributed by atoms with Crippen LogP contribution in [0.5, 0.6) is 5.75 Å². The predicted molar refractivity (Wildman–Crippen MR) is 76.3 cm³/mol. The predicted octanol–water partition coefficient (Wildman–Crippen LogP) is 3.80. The smallest absolute Gasteiger partial charge is 0.338 e. The number of hydrogen-bond acceptors (Lipinski definition) is 2. The van der Waals surface area contributed by atoms with E-state index in [1.165, 1.54) is 0 Å². The molecule has 0 radical (unpaired) electrons. The summed E-state index contributed by atoms with van der Waals surface area (Å²) in [5.74, 6) is 0.118. The van der Waals surface area contributed by atoms with Crippen molar-refractivity contribution in [2.45, 2.75) is 6.92 Å². The molecule has 3 aromatic rings. The van der Waals surface area contributed by atoms with Gasteiger partial charge in [-0.25, -0.2) is 4.79 Å². The maximum atomic E-state index is 11.6. The standard InChI is InChI=1S/C16H13NO2/c1-10(2)16(18)19-14-9-5-7-12-11-6-3-4-8-13(11)17-15(12)14/h3-9,17H,1H2,2H3. The molecule has 0 aliphatic carbocycles. The molecule has 2 aromatic carbocycles. The second-order valence-corrected chi connectivity index (χ2v) is 4.52. The molecule has 3 rings (SSSR count). The zero-order valence-corrected chi connectivity index (χ0v) is 10.6. The lowest BCUT2D eigenvalue weighted by Gasteiger charge is -2.04. The van der Waals surface area contributed by atoms with Crippen molar-refractivity contribution in [2.24, 2.45) is 0 Å². The van der Waals surface area contributed by atoms with Gasteiger partial charge in [0.2, 0.25) is 0 Å². The number of esters is 1. The van der Waals surface area contributed by atoms with Gasteiger partial charge >= 0.3 is 5.97 Å². The Hall–Kier alpha value is -2.55. The fourth-order valence-electron chi connectivity index (χ4n) is 2.12. The van der Waals surface area contributed by atoms with Gasteiger partial charge in [-0.1, -0.05) is 36.9 Å². The summed E-state index contributed by atoms with van der Waals surface area (Å²) >= 11 is 0. The summed E-state index contributed by atoms with van der Waals surface area (Å²) in [5.41, 5.74) is 2.24. The number of nitrogens with one attached hydrogen (secondary N) is 1. The molecule has 1 heterocycles. The average Bonchev–Trinajstić information content (AvgIpc) is 2.78. The number of benzene rings is 2. The molecule has 3 nitrogen and oxygen atoms in total. The molecule has 1 aromatic heterocycles. The van der Waals surface area contributed by atoms with E-state index in [-0.39, 0.29) is 0 Å². The van der Waals surface area contributed by atoms with Crippen molar-refractivity contribution in [1.29, 1.82) is 0 Å². The van der Waals surface area contributed by atoms with Crippen LogP contribution < -0.4 is 4.74 Å². The third-order valence-electron chi connectivity index (χ3n) is 3.05. The fourth-order valence-corrected chi connectivity index (χ4v) is 2.12. The maximum Gasteiger partial charge on any atom is 0.338 e. The van der Waals surface area contributed by atoms with E-state index in [0.717, 1.165) is 21.8 Å². The number of rotatable bonds is 2. The number of hydrogen-bond donors (Lipinski definition) is 1. The number of carbonyl (C=O) groups is 1. The number of ether oxygens (including phenoxy) is 1. The molecule has 0 fully saturated rings. The van der Waals surface area contributed by atoms with Crippen LogP contribution in [0.3, 0.4) is 0 Å². The quantitative estimate of drug-likeness (QED) is 0.427. The van der Waals surface area contributed by atoms with Crippen LogP contribution in [0.15, 0.2) is 54.6 Å². The Kier molecular flexibility index (Phi) is 2.60. The van der Waals surface area contributed by atoms with Gasteiger partial charge in [-0.15, -0.1) is 0 Å². The molecule has 0 saturated heterocycles. The Labute approximate surface area is 110 Å². The van der Waals surface area contributed by atoms with Gasteiger partial charge in [0, 0.05) is 21.9 Å². The summed E-state index contributed by atoms with van der Waals surface area (Å²) in [6.45, 7) is 5.22. The first-order valence-electron chi connectivity index (χ1n) is 6.04. The molecule has 3 heteroatoms. The van der Waals surface area contributed by atoms with Crippen LogP contribution in [-0.2, 0) is 4.79 Å². The highest BCUT2D eigenvalue weighted by Crippen LogP contribution is 2.31. The highest BCUT2D eigenvalue weighted by atomic mass is 16.5. The second kappa shape index (κ2) is 4.28. The SMILES string of the molecule is C=C(C)C(=O)Oc1cccc2c1[nH]c1ccccc12. The third kappa shape index (κ3) is 1.89. The first-order chi connectivity index (χ1) is 9.16. The topological polar surface area (TPSA) is 42.1 Å². The molecule has 0 aliphatic heterocycles. The molecule has 0 atom stereocenters. The summed E-state index contributed by atoms with van der Waals surface area (Å²) in [6, 6.07) is 13.7. The molecule has 0 saturated carbocycles. The summed E-state index contributed by atoms with van der Waals surface area (Å²) in [5, 5.41) is 2.16. The lowest BCUT2D eigenvalue weighted by molar-refractivity contribution is -0.129. The maximum absolute atomic E-state index is 11.6. The molecule has 0 spiro atoms. The van der Waals surface area contributed by atoms with Gasteiger partial charge < -0.3 is 9.72 Å². The minimum Gasteiger partial charge on any atom is -0.421 e. The van der Waals surface area contributed by atoms with Crippen molar-refractivity contribution in [2.75, 3.05) is 0 Å². The van der Waals surface area contributed by atoms with Crippen molar-refractivity contribution in [3.63, 3.8) is 0 Å². The number of aromatic amines is 1.